The molecule has 2 rings (SSSR count). The third-order valence-corrected chi connectivity index (χ3v) is 4.05. The summed E-state index contributed by atoms with van der Waals surface area (Å²) in [7, 11) is 0. The Bertz CT molecular complexity index is 345. The van der Waals surface area contributed by atoms with Gasteiger partial charge in [0.25, 0.3) is 0 Å². The molecule has 0 saturated heterocycles. The lowest BCUT2D eigenvalue weighted by Crippen LogP contribution is -2.25. The summed E-state index contributed by atoms with van der Waals surface area (Å²) < 4.78 is 0. The normalized spacial score (nSPS) is 18.2. The third kappa shape index (κ3) is 4.04. The first-order valence-corrected chi connectivity index (χ1v) is 7.74. The van der Waals surface area contributed by atoms with E-state index in [1.807, 2.05) is 0 Å². The fourth-order valence-corrected chi connectivity index (χ4v) is 2.89. The second kappa shape index (κ2) is 7.45. The number of hydrogen-bond acceptors (Lipinski definition) is 1. The van der Waals surface area contributed by atoms with E-state index in [-0.39, 0.29) is 0 Å². The van der Waals surface area contributed by atoms with Crippen LogP contribution in [-0.4, -0.2) is 6.04 Å². The molecule has 1 aromatic rings. The molecule has 18 heavy (non-hydrogen) atoms. The van der Waals surface area contributed by atoms with Crippen LogP contribution in [0.3, 0.4) is 0 Å². The summed E-state index contributed by atoms with van der Waals surface area (Å²) in [6.07, 6.45) is 12.3. The number of rotatable bonds is 7. The zero-order valence-corrected chi connectivity index (χ0v) is 11.8. The lowest BCUT2D eigenvalue weighted by atomic mass is 9.94. The van der Waals surface area contributed by atoms with Crippen LogP contribution in [0.5, 0.6) is 0 Å². The number of nitrogens with one attached hydrogen (secondary N) is 1. The van der Waals surface area contributed by atoms with Crippen molar-refractivity contribution in [2.75, 3.05) is 5.32 Å². The molecule has 1 aromatic carbocycles. The summed E-state index contributed by atoms with van der Waals surface area (Å²) in [6.45, 7) is 2.28. The first-order chi connectivity index (χ1) is 8.90. The lowest BCUT2D eigenvalue weighted by molar-refractivity contribution is 0.525. The molecule has 1 heteroatoms. The van der Waals surface area contributed by atoms with Crippen LogP contribution in [0, 0.1) is 0 Å². The molecule has 100 valence electrons. The maximum atomic E-state index is 3.70. The minimum Gasteiger partial charge on any atom is -0.382 e. The monoisotopic (exact) mass is 245 g/mol. The second-order valence-electron chi connectivity index (χ2n) is 5.59. The molecule has 1 aliphatic heterocycles. The quantitative estimate of drug-likeness (QED) is 0.654. The standard InChI is InChI=1S/C17H27N/c1-2-3-4-5-6-7-11-16-14-13-15-10-8-9-12-17(15)18-16/h8-10,12,16,18H,2-7,11,13-14H2,1H3. The molecule has 1 aliphatic rings. The summed E-state index contributed by atoms with van der Waals surface area (Å²) in [5.74, 6) is 0. The molecular weight excluding hydrogens is 218 g/mol. The lowest BCUT2D eigenvalue weighted by Gasteiger charge is -2.27. The van der Waals surface area contributed by atoms with Gasteiger partial charge in [-0.1, -0.05) is 63.6 Å². The average molecular weight is 245 g/mol. The largest absolute Gasteiger partial charge is 0.382 e. The molecule has 0 aliphatic carbocycles. The Morgan fingerprint density at radius 2 is 1.83 bits per heavy atom. The Morgan fingerprint density at radius 1 is 1.06 bits per heavy atom. The number of unbranched alkanes of at least 4 members (excludes halogenated alkanes) is 5. The highest BCUT2D eigenvalue weighted by molar-refractivity contribution is 5.53. The summed E-state index contributed by atoms with van der Waals surface area (Å²) in [4.78, 5) is 0. The molecule has 1 atom stereocenters. The summed E-state index contributed by atoms with van der Waals surface area (Å²) >= 11 is 0. The maximum absolute atomic E-state index is 3.70. The van der Waals surface area contributed by atoms with Gasteiger partial charge in [0.2, 0.25) is 0 Å². The van der Waals surface area contributed by atoms with Crippen LogP contribution >= 0.6 is 0 Å². The van der Waals surface area contributed by atoms with Crippen molar-refractivity contribution < 1.29 is 0 Å². The molecule has 1 heterocycles. The van der Waals surface area contributed by atoms with E-state index in [9.17, 15) is 0 Å². The van der Waals surface area contributed by atoms with Crippen LogP contribution < -0.4 is 5.32 Å². The van der Waals surface area contributed by atoms with Gasteiger partial charge in [-0.2, -0.15) is 0 Å². The molecule has 0 fully saturated rings. The Kier molecular flexibility index (Phi) is 5.57. The van der Waals surface area contributed by atoms with Crippen molar-refractivity contribution in [1.29, 1.82) is 0 Å². The molecule has 0 amide bonds. The van der Waals surface area contributed by atoms with Gasteiger partial charge < -0.3 is 5.32 Å². The van der Waals surface area contributed by atoms with Crippen molar-refractivity contribution in [2.45, 2.75) is 70.8 Å². The number of fused-ring (bicyclic) bond motifs is 1. The van der Waals surface area contributed by atoms with Crippen molar-refractivity contribution in [3.63, 3.8) is 0 Å². The highest BCUT2D eigenvalue weighted by Gasteiger charge is 2.16. The second-order valence-corrected chi connectivity index (χ2v) is 5.59. The molecule has 0 saturated carbocycles. The molecule has 0 bridgehead atoms. The zero-order chi connectivity index (χ0) is 12.6. The van der Waals surface area contributed by atoms with Crippen molar-refractivity contribution in [2.24, 2.45) is 0 Å². The summed E-state index contributed by atoms with van der Waals surface area (Å²) in [6, 6.07) is 9.48. The van der Waals surface area contributed by atoms with E-state index in [0.29, 0.717) is 6.04 Å². The Morgan fingerprint density at radius 3 is 2.72 bits per heavy atom. The molecule has 0 radical (unpaired) electrons. The van der Waals surface area contributed by atoms with Crippen molar-refractivity contribution in [1.82, 2.24) is 0 Å². The van der Waals surface area contributed by atoms with Gasteiger partial charge in [0.1, 0.15) is 0 Å². The number of hydrogen-bond donors (Lipinski definition) is 1. The van der Waals surface area contributed by atoms with Gasteiger partial charge in [-0.3, -0.25) is 0 Å². The highest BCUT2D eigenvalue weighted by Crippen LogP contribution is 2.26. The van der Waals surface area contributed by atoms with Crippen LogP contribution in [0.1, 0.15) is 63.9 Å². The molecule has 0 spiro atoms. The minimum absolute atomic E-state index is 0.714. The van der Waals surface area contributed by atoms with E-state index < -0.39 is 0 Å². The van der Waals surface area contributed by atoms with Crippen LogP contribution in [0.4, 0.5) is 5.69 Å². The van der Waals surface area contributed by atoms with Crippen molar-refractivity contribution in [3.05, 3.63) is 29.8 Å². The number of anilines is 1. The predicted octanol–water partition coefficient (Wildman–Crippen LogP) is 5.16. The van der Waals surface area contributed by atoms with Gasteiger partial charge in [-0.05, 0) is 30.9 Å². The van der Waals surface area contributed by atoms with Crippen LogP contribution in [0.25, 0.3) is 0 Å². The summed E-state index contributed by atoms with van der Waals surface area (Å²) in [5.41, 5.74) is 2.87. The van der Waals surface area contributed by atoms with Gasteiger partial charge in [0, 0.05) is 11.7 Å². The van der Waals surface area contributed by atoms with E-state index in [1.54, 1.807) is 0 Å². The molecule has 1 nitrogen and oxygen atoms in total. The van der Waals surface area contributed by atoms with Crippen LogP contribution in [0.15, 0.2) is 24.3 Å². The third-order valence-electron chi connectivity index (χ3n) is 4.05. The van der Waals surface area contributed by atoms with Crippen molar-refractivity contribution in [3.8, 4) is 0 Å². The topological polar surface area (TPSA) is 12.0 Å². The van der Waals surface area contributed by atoms with Gasteiger partial charge in [-0.15, -0.1) is 0 Å². The minimum atomic E-state index is 0.714. The maximum Gasteiger partial charge on any atom is 0.0374 e. The van der Waals surface area contributed by atoms with E-state index in [0.717, 1.165) is 0 Å². The van der Waals surface area contributed by atoms with Crippen LogP contribution in [-0.2, 0) is 6.42 Å². The SMILES string of the molecule is CCCCCCCCC1CCc2ccccc2N1. The fraction of sp³-hybridized carbons (Fsp3) is 0.647. The predicted molar refractivity (Wildman–Crippen MR) is 80.2 cm³/mol. The van der Waals surface area contributed by atoms with E-state index >= 15 is 0 Å². The van der Waals surface area contributed by atoms with Gasteiger partial charge >= 0.3 is 0 Å². The van der Waals surface area contributed by atoms with E-state index in [1.165, 1.54) is 69.0 Å². The van der Waals surface area contributed by atoms with E-state index in [4.69, 9.17) is 0 Å². The average Bonchev–Trinajstić information content (AvgIpc) is 2.42. The van der Waals surface area contributed by atoms with Gasteiger partial charge in [-0.25, -0.2) is 0 Å². The molecule has 1 unspecified atom stereocenters. The first-order valence-electron chi connectivity index (χ1n) is 7.74. The Balaban J connectivity index is 1.64. The van der Waals surface area contributed by atoms with Gasteiger partial charge in [0.05, 0.1) is 0 Å². The fourth-order valence-electron chi connectivity index (χ4n) is 2.89. The Labute approximate surface area is 112 Å². The van der Waals surface area contributed by atoms with Crippen LogP contribution in [0.2, 0.25) is 0 Å². The van der Waals surface area contributed by atoms with Crippen molar-refractivity contribution >= 4 is 5.69 Å². The molecule has 1 N–H and O–H groups in total. The number of aryl methyl sites for hydroxylation is 1. The number of benzene rings is 1. The first kappa shape index (κ1) is 13.5. The Hall–Kier alpha value is -0.980. The van der Waals surface area contributed by atoms with E-state index in [2.05, 4.69) is 36.5 Å². The smallest absolute Gasteiger partial charge is 0.0374 e. The van der Waals surface area contributed by atoms with Gasteiger partial charge in [0.15, 0.2) is 0 Å². The summed E-state index contributed by atoms with van der Waals surface area (Å²) in [5, 5.41) is 3.70. The molecule has 0 aromatic heterocycles. The highest BCUT2D eigenvalue weighted by atomic mass is 14.9. The molecular formula is C17H27N. The number of para-hydroxylation sites is 1. The zero-order valence-electron chi connectivity index (χ0n) is 11.8.